The lowest BCUT2D eigenvalue weighted by Gasteiger charge is -2.15. The highest BCUT2D eigenvalue weighted by Gasteiger charge is 2.28. The number of aliphatic hydroxyl groups is 1. The van der Waals surface area contributed by atoms with Gasteiger partial charge in [-0.2, -0.15) is 5.10 Å². The number of rotatable bonds is 2. The van der Waals surface area contributed by atoms with Crippen LogP contribution in [-0.4, -0.2) is 44.0 Å². The van der Waals surface area contributed by atoms with Gasteiger partial charge in [0.25, 0.3) is 0 Å². The second-order valence-corrected chi connectivity index (χ2v) is 4.69. The fourth-order valence-corrected chi connectivity index (χ4v) is 2.35. The van der Waals surface area contributed by atoms with E-state index < -0.39 is 11.0 Å². The lowest BCUT2D eigenvalue weighted by atomic mass is 10.3. The van der Waals surface area contributed by atoms with E-state index in [1.165, 1.54) is 6.07 Å². The summed E-state index contributed by atoms with van der Waals surface area (Å²) in [5.41, 5.74) is 0.430. The zero-order chi connectivity index (χ0) is 13.6. The Hall–Kier alpha value is -2.22. The highest BCUT2D eigenvalue weighted by molar-refractivity contribution is 5.81. The van der Waals surface area contributed by atoms with Crippen molar-refractivity contribution < 1.29 is 10.0 Å². The van der Waals surface area contributed by atoms with Crippen LogP contribution >= 0.6 is 0 Å². The Morgan fingerprint density at radius 3 is 3.00 bits per heavy atom. The average molecular weight is 263 g/mol. The van der Waals surface area contributed by atoms with Gasteiger partial charge < -0.3 is 10.0 Å². The molecule has 1 N–H and O–H groups in total. The molecule has 1 unspecified atom stereocenters. The summed E-state index contributed by atoms with van der Waals surface area (Å²) in [4.78, 5) is 16.7. The van der Waals surface area contributed by atoms with Gasteiger partial charge in [-0.15, -0.1) is 0 Å². The molecular formula is C11H13N5O3. The number of hydrogen-bond donors (Lipinski definition) is 1. The Balaban J connectivity index is 2.14. The summed E-state index contributed by atoms with van der Waals surface area (Å²) in [6.07, 6.45) is 1.83. The normalized spacial score (nSPS) is 19.3. The first-order chi connectivity index (χ1) is 9.04. The van der Waals surface area contributed by atoms with Crippen LogP contribution in [0.4, 0.5) is 11.5 Å². The van der Waals surface area contributed by atoms with Gasteiger partial charge in [-0.1, -0.05) is 0 Å². The van der Waals surface area contributed by atoms with E-state index in [0.29, 0.717) is 30.5 Å². The topological polar surface area (TPSA) is 97.3 Å². The molecular weight excluding hydrogens is 250 g/mol. The van der Waals surface area contributed by atoms with Gasteiger partial charge in [0.2, 0.25) is 5.82 Å². The maximum atomic E-state index is 11.2. The van der Waals surface area contributed by atoms with Crippen molar-refractivity contribution in [3.05, 3.63) is 22.4 Å². The first kappa shape index (κ1) is 11.8. The van der Waals surface area contributed by atoms with E-state index in [4.69, 9.17) is 0 Å². The molecule has 0 radical (unpaired) electrons. The third kappa shape index (κ3) is 1.99. The van der Waals surface area contributed by atoms with Gasteiger partial charge in [-0.25, -0.2) is 4.98 Å². The summed E-state index contributed by atoms with van der Waals surface area (Å²) in [5, 5.41) is 25.5. The number of β-amino-alcohol motifs (C(OH)–C–C–N with tert-alkyl or cyclic N) is 1. The van der Waals surface area contributed by atoms with Crippen LogP contribution in [0.25, 0.3) is 11.0 Å². The summed E-state index contributed by atoms with van der Waals surface area (Å²) in [7, 11) is 1.74. The number of aromatic nitrogens is 3. The summed E-state index contributed by atoms with van der Waals surface area (Å²) in [6, 6.07) is 1.48. The Morgan fingerprint density at radius 1 is 1.58 bits per heavy atom. The standard InChI is InChI=1S/C11H13N5O3/c1-14-5-7-4-9(16(18)19)11(12-10(7)13-14)15-3-2-8(17)6-15/h4-5,8,17H,2-3,6H2,1H3. The van der Waals surface area contributed by atoms with Crippen molar-refractivity contribution in [3.8, 4) is 0 Å². The molecule has 1 aliphatic rings. The zero-order valence-corrected chi connectivity index (χ0v) is 10.4. The van der Waals surface area contributed by atoms with Crippen LogP contribution in [-0.2, 0) is 7.05 Å². The number of nitro groups is 1. The van der Waals surface area contributed by atoms with E-state index in [0.717, 1.165) is 0 Å². The molecule has 0 aromatic carbocycles. The first-order valence-electron chi connectivity index (χ1n) is 5.96. The number of pyridine rings is 1. The lowest BCUT2D eigenvalue weighted by Crippen LogP contribution is -2.23. The maximum Gasteiger partial charge on any atom is 0.312 e. The van der Waals surface area contributed by atoms with Crippen molar-refractivity contribution in [1.29, 1.82) is 0 Å². The minimum absolute atomic E-state index is 0.0467. The minimum atomic E-state index is -0.458. The molecule has 8 heteroatoms. The number of anilines is 1. The fraction of sp³-hybridized carbons (Fsp3) is 0.455. The monoisotopic (exact) mass is 263 g/mol. The predicted octanol–water partition coefficient (Wildman–Crippen LogP) is 0.447. The average Bonchev–Trinajstić information content (AvgIpc) is 2.91. The molecule has 8 nitrogen and oxygen atoms in total. The molecule has 2 aromatic heterocycles. The van der Waals surface area contributed by atoms with Gasteiger partial charge in [-0.05, 0) is 6.42 Å². The molecule has 0 saturated carbocycles. The summed E-state index contributed by atoms with van der Waals surface area (Å²) < 4.78 is 1.57. The Kier molecular flexibility index (Phi) is 2.59. The van der Waals surface area contributed by atoms with E-state index in [9.17, 15) is 15.2 Å². The number of nitrogens with zero attached hydrogens (tertiary/aromatic N) is 5. The van der Waals surface area contributed by atoms with Crippen molar-refractivity contribution >= 4 is 22.5 Å². The Bertz CT molecular complexity index is 653. The SMILES string of the molecule is Cn1cc2cc([N+](=O)[O-])c(N3CCC(O)C3)nc2n1. The van der Waals surface area contributed by atoms with Crippen molar-refractivity contribution in [2.24, 2.45) is 7.05 Å². The first-order valence-corrected chi connectivity index (χ1v) is 5.96. The Labute approximate surface area is 108 Å². The van der Waals surface area contributed by atoms with E-state index in [2.05, 4.69) is 10.1 Å². The second-order valence-electron chi connectivity index (χ2n) is 4.69. The quantitative estimate of drug-likeness (QED) is 0.624. The van der Waals surface area contributed by atoms with Crippen molar-refractivity contribution in [2.75, 3.05) is 18.0 Å². The third-order valence-corrected chi connectivity index (χ3v) is 3.23. The van der Waals surface area contributed by atoms with Crippen LogP contribution in [0.15, 0.2) is 12.3 Å². The molecule has 0 spiro atoms. The van der Waals surface area contributed by atoms with Gasteiger partial charge in [0.15, 0.2) is 5.65 Å². The smallest absolute Gasteiger partial charge is 0.312 e. The van der Waals surface area contributed by atoms with E-state index in [1.54, 1.807) is 22.8 Å². The number of aliphatic hydroxyl groups excluding tert-OH is 1. The number of fused-ring (bicyclic) bond motifs is 1. The summed E-state index contributed by atoms with van der Waals surface area (Å²) >= 11 is 0. The highest BCUT2D eigenvalue weighted by atomic mass is 16.6. The molecule has 0 aliphatic carbocycles. The Morgan fingerprint density at radius 2 is 2.37 bits per heavy atom. The molecule has 3 heterocycles. The molecule has 2 aromatic rings. The van der Waals surface area contributed by atoms with Crippen molar-refractivity contribution in [2.45, 2.75) is 12.5 Å². The van der Waals surface area contributed by atoms with Crippen LogP contribution in [0.1, 0.15) is 6.42 Å². The second kappa shape index (κ2) is 4.16. The van der Waals surface area contributed by atoms with Crippen molar-refractivity contribution in [3.63, 3.8) is 0 Å². The van der Waals surface area contributed by atoms with Gasteiger partial charge in [0, 0.05) is 37.8 Å². The van der Waals surface area contributed by atoms with E-state index in [-0.39, 0.29) is 11.5 Å². The fourth-order valence-electron chi connectivity index (χ4n) is 2.35. The molecule has 100 valence electrons. The maximum absolute atomic E-state index is 11.2. The molecule has 0 bridgehead atoms. The van der Waals surface area contributed by atoms with Crippen molar-refractivity contribution in [1.82, 2.24) is 14.8 Å². The van der Waals surface area contributed by atoms with Gasteiger partial charge >= 0.3 is 5.69 Å². The molecule has 1 saturated heterocycles. The molecule has 1 fully saturated rings. The molecule has 0 amide bonds. The van der Waals surface area contributed by atoms with Crippen LogP contribution in [0.5, 0.6) is 0 Å². The number of aryl methyl sites for hydroxylation is 1. The summed E-state index contributed by atoms with van der Waals surface area (Å²) in [5.74, 6) is 0.285. The predicted molar refractivity (Wildman–Crippen MR) is 68.0 cm³/mol. The molecule has 1 aliphatic heterocycles. The van der Waals surface area contributed by atoms with Gasteiger partial charge in [0.05, 0.1) is 11.0 Å². The van der Waals surface area contributed by atoms with Crippen LogP contribution in [0.3, 0.4) is 0 Å². The largest absolute Gasteiger partial charge is 0.391 e. The van der Waals surface area contributed by atoms with Crippen LogP contribution < -0.4 is 4.90 Å². The highest BCUT2D eigenvalue weighted by Crippen LogP contribution is 2.31. The van der Waals surface area contributed by atoms with Gasteiger partial charge in [-0.3, -0.25) is 14.8 Å². The third-order valence-electron chi connectivity index (χ3n) is 3.23. The lowest BCUT2D eigenvalue weighted by molar-refractivity contribution is -0.384. The molecule has 1 atom stereocenters. The molecule has 19 heavy (non-hydrogen) atoms. The van der Waals surface area contributed by atoms with E-state index >= 15 is 0 Å². The number of hydrogen-bond acceptors (Lipinski definition) is 6. The minimum Gasteiger partial charge on any atom is -0.391 e. The van der Waals surface area contributed by atoms with Crippen LogP contribution in [0, 0.1) is 10.1 Å². The zero-order valence-electron chi connectivity index (χ0n) is 10.4. The molecule has 3 rings (SSSR count). The van der Waals surface area contributed by atoms with Gasteiger partial charge in [0.1, 0.15) is 0 Å². The summed E-state index contributed by atoms with van der Waals surface area (Å²) in [6.45, 7) is 0.930. The van der Waals surface area contributed by atoms with Crippen LogP contribution in [0.2, 0.25) is 0 Å². The van der Waals surface area contributed by atoms with E-state index in [1.807, 2.05) is 0 Å².